The molecule has 5 nitrogen and oxygen atoms in total. The number of halogens is 3. The van der Waals surface area contributed by atoms with Gasteiger partial charge in [-0.25, -0.2) is 0 Å². The van der Waals surface area contributed by atoms with E-state index < -0.39 is 23.3 Å². The number of nitrogens with zero attached hydrogens (tertiary/aromatic N) is 3. The van der Waals surface area contributed by atoms with Gasteiger partial charge >= 0.3 is 6.18 Å². The molecule has 2 rings (SSSR count). The van der Waals surface area contributed by atoms with Crippen LogP contribution in [-0.2, 0) is 11.7 Å². The first-order valence-corrected chi connectivity index (χ1v) is 7.68. The average Bonchev–Trinajstić information content (AvgIpc) is 2.91. The van der Waals surface area contributed by atoms with E-state index in [0.29, 0.717) is 13.1 Å². The maximum atomic E-state index is 13.5. The molecule has 1 saturated heterocycles. The highest BCUT2D eigenvalue weighted by Crippen LogP contribution is 2.35. The summed E-state index contributed by atoms with van der Waals surface area (Å²) < 4.78 is 41.4. The minimum Gasteiger partial charge on any atom is -0.337 e. The van der Waals surface area contributed by atoms with Gasteiger partial charge in [-0.15, -0.1) is 0 Å². The highest BCUT2D eigenvalue weighted by molar-refractivity contribution is 5.95. The maximum absolute atomic E-state index is 13.5. The van der Waals surface area contributed by atoms with Crippen LogP contribution in [0.3, 0.4) is 0 Å². The second-order valence-corrected chi connectivity index (χ2v) is 6.87. The van der Waals surface area contributed by atoms with E-state index in [0.717, 1.165) is 23.7 Å². The van der Waals surface area contributed by atoms with Gasteiger partial charge in [0.1, 0.15) is 0 Å². The zero-order valence-electron chi connectivity index (χ0n) is 13.9. The van der Waals surface area contributed by atoms with Crippen LogP contribution in [0.5, 0.6) is 0 Å². The Hall–Kier alpha value is -1.57. The summed E-state index contributed by atoms with van der Waals surface area (Å²) in [5.41, 5.74) is -2.20. The molecule has 0 aromatic carbocycles. The van der Waals surface area contributed by atoms with Crippen molar-refractivity contribution in [2.75, 3.05) is 20.1 Å². The fourth-order valence-electron chi connectivity index (χ4n) is 2.85. The van der Waals surface area contributed by atoms with Crippen molar-refractivity contribution in [1.82, 2.24) is 20.0 Å². The van der Waals surface area contributed by atoms with E-state index in [1.54, 1.807) is 27.8 Å². The third-order valence-corrected chi connectivity index (χ3v) is 4.02. The number of carbonyl (C=O) groups excluding carboxylic acids is 1. The van der Waals surface area contributed by atoms with Crippen molar-refractivity contribution in [1.29, 1.82) is 0 Å². The van der Waals surface area contributed by atoms with Gasteiger partial charge in [0.05, 0.1) is 17.3 Å². The molecule has 1 atom stereocenters. The SMILES string of the molecule is CNC1CCCN(C(=O)c2cnn(C(C)(C)C)c2C(F)(F)F)C1. The number of hydrogen-bond acceptors (Lipinski definition) is 3. The quantitative estimate of drug-likeness (QED) is 0.905. The Morgan fingerprint density at radius 1 is 1.35 bits per heavy atom. The molecule has 1 fully saturated rings. The second kappa shape index (κ2) is 6.14. The minimum atomic E-state index is -4.63. The lowest BCUT2D eigenvalue weighted by Crippen LogP contribution is -2.47. The lowest BCUT2D eigenvalue weighted by atomic mass is 10.0. The lowest BCUT2D eigenvalue weighted by molar-refractivity contribution is -0.146. The van der Waals surface area contributed by atoms with Crippen LogP contribution in [0.25, 0.3) is 0 Å². The van der Waals surface area contributed by atoms with Gasteiger partial charge in [-0.2, -0.15) is 18.3 Å². The fourth-order valence-corrected chi connectivity index (χ4v) is 2.85. The minimum absolute atomic E-state index is 0.111. The highest BCUT2D eigenvalue weighted by atomic mass is 19.4. The molecule has 0 saturated carbocycles. The molecule has 1 aliphatic rings. The summed E-state index contributed by atoms with van der Waals surface area (Å²) in [5.74, 6) is -0.604. The van der Waals surface area contributed by atoms with Crippen molar-refractivity contribution >= 4 is 5.91 Å². The van der Waals surface area contributed by atoms with Crippen molar-refractivity contribution in [2.24, 2.45) is 0 Å². The summed E-state index contributed by atoms with van der Waals surface area (Å²) in [6.07, 6.45) is -1.91. The first-order chi connectivity index (χ1) is 10.6. The molecule has 2 heterocycles. The molecule has 1 unspecified atom stereocenters. The number of aromatic nitrogens is 2. The third kappa shape index (κ3) is 3.68. The number of piperidine rings is 1. The first kappa shape index (κ1) is 17.8. The van der Waals surface area contributed by atoms with Crippen LogP contribution in [-0.4, -0.2) is 46.8 Å². The first-order valence-electron chi connectivity index (χ1n) is 7.68. The Kier molecular flexibility index (Phi) is 4.75. The Labute approximate surface area is 133 Å². The van der Waals surface area contributed by atoms with E-state index in [1.807, 2.05) is 0 Å². The molecular weight excluding hydrogens is 309 g/mol. The number of hydrogen-bond donors (Lipinski definition) is 1. The Morgan fingerprint density at radius 2 is 2.00 bits per heavy atom. The number of rotatable bonds is 2. The maximum Gasteiger partial charge on any atom is 0.433 e. The van der Waals surface area contributed by atoms with E-state index in [9.17, 15) is 18.0 Å². The van der Waals surface area contributed by atoms with E-state index in [2.05, 4.69) is 10.4 Å². The molecule has 0 bridgehead atoms. The van der Waals surface area contributed by atoms with Gasteiger partial charge in [0.15, 0.2) is 5.69 Å². The van der Waals surface area contributed by atoms with E-state index in [1.165, 1.54) is 4.90 Å². The molecule has 130 valence electrons. The Balaban J connectivity index is 2.39. The van der Waals surface area contributed by atoms with Crippen LogP contribution in [0.15, 0.2) is 6.20 Å². The topological polar surface area (TPSA) is 50.2 Å². The summed E-state index contributed by atoms with van der Waals surface area (Å²) in [7, 11) is 1.79. The molecule has 0 aliphatic carbocycles. The summed E-state index contributed by atoms with van der Waals surface area (Å²) in [4.78, 5) is 14.1. The molecule has 8 heteroatoms. The zero-order chi connectivity index (χ0) is 17.4. The molecule has 0 radical (unpaired) electrons. The smallest absolute Gasteiger partial charge is 0.337 e. The Bertz CT molecular complexity index is 574. The number of amides is 1. The van der Waals surface area contributed by atoms with E-state index in [-0.39, 0.29) is 11.6 Å². The lowest BCUT2D eigenvalue weighted by Gasteiger charge is -2.32. The molecule has 1 N–H and O–H groups in total. The van der Waals surface area contributed by atoms with Crippen LogP contribution in [0, 0.1) is 0 Å². The van der Waals surface area contributed by atoms with Crippen LogP contribution < -0.4 is 5.32 Å². The molecule has 1 aliphatic heterocycles. The molecule has 1 amide bonds. The van der Waals surface area contributed by atoms with Gasteiger partial charge in [-0.05, 0) is 40.7 Å². The van der Waals surface area contributed by atoms with Crippen molar-refractivity contribution < 1.29 is 18.0 Å². The predicted molar refractivity (Wildman–Crippen MR) is 80.2 cm³/mol. The van der Waals surface area contributed by atoms with Gasteiger partial charge in [0.25, 0.3) is 5.91 Å². The summed E-state index contributed by atoms with van der Waals surface area (Å²) in [5, 5.41) is 6.92. The van der Waals surface area contributed by atoms with Crippen molar-refractivity contribution in [2.45, 2.75) is 51.4 Å². The van der Waals surface area contributed by atoms with Crippen LogP contribution >= 0.6 is 0 Å². The molecule has 0 spiro atoms. The number of alkyl halides is 3. The largest absolute Gasteiger partial charge is 0.433 e. The fraction of sp³-hybridized carbons (Fsp3) is 0.733. The van der Waals surface area contributed by atoms with Crippen LogP contribution in [0.1, 0.15) is 49.7 Å². The molecular formula is C15H23F3N4O. The van der Waals surface area contributed by atoms with Gasteiger partial charge in [0, 0.05) is 19.1 Å². The van der Waals surface area contributed by atoms with Crippen molar-refractivity contribution in [3.63, 3.8) is 0 Å². The van der Waals surface area contributed by atoms with Crippen LogP contribution in [0.2, 0.25) is 0 Å². The third-order valence-electron chi connectivity index (χ3n) is 4.02. The predicted octanol–water partition coefficient (Wildman–Crippen LogP) is 2.48. The summed E-state index contributed by atoms with van der Waals surface area (Å²) in [6, 6.07) is 0.111. The number of likely N-dealkylation sites (tertiary alicyclic amines) is 1. The van der Waals surface area contributed by atoms with Gasteiger partial charge < -0.3 is 10.2 Å². The standard InChI is InChI=1S/C15H23F3N4O/c1-14(2,3)22-12(15(16,17)18)11(8-20-22)13(23)21-7-5-6-10(9-21)19-4/h8,10,19H,5-7,9H2,1-4H3. The van der Waals surface area contributed by atoms with Gasteiger partial charge in [-0.3, -0.25) is 9.48 Å². The van der Waals surface area contributed by atoms with Crippen molar-refractivity contribution in [3.8, 4) is 0 Å². The molecule has 1 aromatic heterocycles. The zero-order valence-corrected chi connectivity index (χ0v) is 13.9. The number of carbonyl (C=O) groups is 1. The monoisotopic (exact) mass is 332 g/mol. The van der Waals surface area contributed by atoms with Gasteiger partial charge in [0.2, 0.25) is 0 Å². The van der Waals surface area contributed by atoms with E-state index in [4.69, 9.17) is 0 Å². The number of nitrogens with one attached hydrogen (secondary N) is 1. The molecule has 23 heavy (non-hydrogen) atoms. The second-order valence-electron chi connectivity index (χ2n) is 6.87. The van der Waals surface area contributed by atoms with Crippen molar-refractivity contribution in [3.05, 3.63) is 17.5 Å². The van der Waals surface area contributed by atoms with Crippen LogP contribution in [0.4, 0.5) is 13.2 Å². The Morgan fingerprint density at radius 3 is 2.52 bits per heavy atom. The highest BCUT2D eigenvalue weighted by Gasteiger charge is 2.43. The number of likely N-dealkylation sites (N-methyl/N-ethyl adjacent to an activating group) is 1. The van der Waals surface area contributed by atoms with E-state index >= 15 is 0 Å². The normalized spacial score (nSPS) is 20.0. The molecule has 1 aromatic rings. The average molecular weight is 332 g/mol. The van der Waals surface area contributed by atoms with Gasteiger partial charge in [-0.1, -0.05) is 0 Å². The summed E-state index contributed by atoms with van der Waals surface area (Å²) in [6.45, 7) is 5.76. The summed E-state index contributed by atoms with van der Waals surface area (Å²) >= 11 is 0.